The molecule has 0 aliphatic carbocycles. The smallest absolute Gasteiger partial charge is 0.253 e. The zero-order valence-corrected chi connectivity index (χ0v) is 25.1. The first kappa shape index (κ1) is 28.6. The van der Waals surface area contributed by atoms with Crippen molar-refractivity contribution in [1.29, 1.82) is 0 Å². The lowest BCUT2D eigenvalue weighted by molar-refractivity contribution is 0.0741. The third-order valence-electron chi connectivity index (χ3n) is 7.39. The second-order valence-corrected chi connectivity index (χ2v) is 12.3. The number of likely N-dealkylation sites (tertiary alicyclic amines) is 1. The number of carbonyl (C=O) groups excluding carboxylic acids is 1. The Hall–Kier alpha value is -2.44. The van der Waals surface area contributed by atoms with Gasteiger partial charge >= 0.3 is 0 Å². The summed E-state index contributed by atoms with van der Waals surface area (Å²) in [5.74, 6) is 1.23. The summed E-state index contributed by atoms with van der Waals surface area (Å²) < 4.78 is 2.93. The van der Waals surface area contributed by atoms with E-state index < -0.39 is 0 Å². The molecule has 1 amide bonds. The zero-order valence-electron chi connectivity index (χ0n) is 23.5. The van der Waals surface area contributed by atoms with Gasteiger partial charge < -0.3 is 4.90 Å². The maximum Gasteiger partial charge on any atom is 0.253 e. The fraction of sp³-hybridized carbons (Fsp3) is 0.500. The summed E-state index contributed by atoms with van der Waals surface area (Å²) in [7, 11) is 0. The summed E-state index contributed by atoms with van der Waals surface area (Å²) in [6.07, 6.45) is 12.3. The largest absolute Gasteiger partial charge is 0.339 e. The van der Waals surface area contributed by atoms with Crippen LogP contribution in [0, 0.1) is 11.8 Å². The molecule has 1 fully saturated rings. The van der Waals surface area contributed by atoms with Gasteiger partial charge in [0, 0.05) is 47.0 Å². The average Bonchev–Trinajstić information content (AvgIpc) is 3.26. The molecule has 204 valence electrons. The number of aromatic nitrogens is 2. The Kier molecular flexibility index (Phi) is 10.2. The van der Waals surface area contributed by atoms with Crippen LogP contribution in [0.1, 0.15) is 75.7 Å². The van der Waals surface area contributed by atoms with E-state index >= 15 is 0 Å². The summed E-state index contributed by atoms with van der Waals surface area (Å²) in [6, 6.07) is 12.2. The van der Waals surface area contributed by atoms with Crippen LogP contribution in [0.15, 0.2) is 53.1 Å². The fourth-order valence-corrected chi connectivity index (χ4v) is 5.47. The molecular formula is C32H43BrN4O. The highest BCUT2D eigenvalue weighted by Crippen LogP contribution is 2.33. The molecule has 0 radical (unpaired) electrons. The van der Waals surface area contributed by atoms with Crippen molar-refractivity contribution in [3.05, 3.63) is 64.3 Å². The molecule has 0 N–H and O–H groups in total. The molecular weight excluding hydrogens is 536 g/mol. The molecule has 0 saturated carbocycles. The van der Waals surface area contributed by atoms with E-state index in [-0.39, 0.29) is 5.91 Å². The van der Waals surface area contributed by atoms with Gasteiger partial charge in [0.1, 0.15) is 5.69 Å². The lowest BCUT2D eigenvalue weighted by Gasteiger charge is -2.25. The van der Waals surface area contributed by atoms with Crippen molar-refractivity contribution in [2.75, 3.05) is 32.7 Å². The maximum atomic E-state index is 13.7. The van der Waals surface area contributed by atoms with E-state index in [1.54, 1.807) is 0 Å². The minimum atomic E-state index is 0.112. The molecule has 1 saturated heterocycles. The predicted molar refractivity (Wildman–Crippen MR) is 162 cm³/mol. The molecule has 1 aliphatic heterocycles. The van der Waals surface area contributed by atoms with Gasteiger partial charge in [0.05, 0.1) is 5.52 Å². The number of amides is 1. The van der Waals surface area contributed by atoms with Gasteiger partial charge in [-0.2, -0.15) is 5.10 Å². The van der Waals surface area contributed by atoms with Crippen LogP contribution in [0.25, 0.3) is 22.9 Å². The molecule has 3 heterocycles. The van der Waals surface area contributed by atoms with Crippen LogP contribution in [0.4, 0.5) is 0 Å². The quantitative estimate of drug-likeness (QED) is 0.233. The van der Waals surface area contributed by atoms with Crippen LogP contribution in [0.2, 0.25) is 0 Å². The van der Waals surface area contributed by atoms with E-state index in [9.17, 15) is 4.79 Å². The van der Waals surface area contributed by atoms with E-state index in [4.69, 9.17) is 5.10 Å². The highest BCUT2D eigenvalue weighted by molar-refractivity contribution is 9.10. The van der Waals surface area contributed by atoms with E-state index in [1.165, 1.54) is 19.3 Å². The highest BCUT2D eigenvalue weighted by atomic mass is 79.9. The monoisotopic (exact) mass is 578 g/mol. The Bertz CT molecular complexity index is 1230. The van der Waals surface area contributed by atoms with Crippen LogP contribution in [0.3, 0.4) is 0 Å². The molecule has 1 aliphatic rings. The van der Waals surface area contributed by atoms with Crippen molar-refractivity contribution < 1.29 is 4.79 Å². The number of hydrogen-bond acceptors (Lipinski definition) is 3. The average molecular weight is 580 g/mol. The van der Waals surface area contributed by atoms with Crippen molar-refractivity contribution in [3.8, 4) is 11.3 Å². The number of nitrogens with zero attached hydrogens (tertiary/aromatic N) is 4. The third-order valence-corrected chi connectivity index (χ3v) is 8.08. The lowest BCUT2D eigenvalue weighted by Crippen LogP contribution is -2.34. The van der Waals surface area contributed by atoms with Gasteiger partial charge in [-0.05, 0) is 68.8 Å². The van der Waals surface area contributed by atoms with Gasteiger partial charge in [0.25, 0.3) is 5.91 Å². The van der Waals surface area contributed by atoms with Gasteiger partial charge in [-0.1, -0.05) is 80.4 Å². The van der Waals surface area contributed by atoms with Crippen LogP contribution < -0.4 is 0 Å². The van der Waals surface area contributed by atoms with Crippen molar-refractivity contribution >= 4 is 33.4 Å². The maximum absolute atomic E-state index is 13.7. The van der Waals surface area contributed by atoms with Crippen molar-refractivity contribution in [3.63, 3.8) is 0 Å². The fourth-order valence-electron chi connectivity index (χ4n) is 5.00. The molecule has 4 rings (SSSR count). The summed E-state index contributed by atoms with van der Waals surface area (Å²) in [5.41, 5.74) is 4.73. The summed E-state index contributed by atoms with van der Waals surface area (Å²) in [5, 5.41) is 4.97. The first-order valence-corrected chi connectivity index (χ1v) is 15.1. The molecule has 0 unspecified atom stereocenters. The summed E-state index contributed by atoms with van der Waals surface area (Å²) in [6.45, 7) is 13.7. The number of pyridine rings is 1. The topological polar surface area (TPSA) is 40.9 Å². The first-order valence-electron chi connectivity index (χ1n) is 14.3. The van der Waals surface area contributed by atoms with E-state index in [2.05, 4.69) is 72.8 Å². The van der Waals surface area contributed by atoms with E-state index in [0.29, 0.717) is 11.8 Å². The normalized spacial score (nSPS) is 14.8. The summed E-state index contributed by atoms with van der Waals surface area (Å²) in [4.78, 5) is 18.3. The lowest BCUT2D eigenvalue weighted by atomic mass is 10.0. The van der Waals surface area contributed by atoms with Gasteiger partial charge in [-0.15, -0.1) is 0 Å². The molecule has 6 heteroatoms. The third kappa shape index (κ3) is 7.35. The van der Waals surface area contributed by atoms with Gasteiger partial charge in [-0.25, -0.2) is 4.52 Å². The molecule has 38 heavy (non-hydrogen) atoms. The minimum Gasteiger partial charge on any atom is -0.339 e. The second-order valence-electron chi connectivity index (χ2n) is 11.4. The number of fused-ring (bicyclic) bond motifs is 1. The molecule has 5 nitrogen and oxygen atoms in total. The Labute approximate surface area is 237 Å². The number of hydrogen-bond donors (Lipinski definition) is 0. The van der Waals surface area contributed by atoms with Crippen molar-refractivity contribution in [2.24, 2.45) is 11.8 Å². The Morgan fingerprint density at radius 3 is 2.37 bits per heavy atom. The second kappa shape index (κ2) is 13.6. The highest BCUT2D eigenvalue weighted by Gasteiger charge is 2.20. The van der Waals surface area contributed by atoms with E-state index in [1.807, 2.05) is 39.9 Å². The molecule has 2 aromatic heterocycles. The van der Waals surface area contributed by atoms with Crippen molar-refractivity contribution in [2.45, 2.75) is 59.8 Å². The number of rotatable bonds is 11. The number of benzene rings is 1. The molecule has 1 aromatic carbocycles. The first-order chi connectivity index (χ1) is 18.3. The van der Waals surface area contributed by atoms with Crippen molar-refractivity contribution in [1.82, 2.24) is 19.4 Å². The molecule has 3 aromatic rings. The standard InChI is InChI=1S/C32H43BrN4O/c1-24(2)14-20-36(21-15-25(3)4)32(38)26-16-22-37-30(23-26)28(12-10-19-35-17-8-5-9-18-35)31(34-37)27-11-6-7-13-29(27)33/h6-7,10-13,16,22-25H,5,8-9,14-15,17-21H2,1-4H3. The molecule has 0 atom stereocenters. The van der Waals surface area contributed by atoms with E-state index in [0.717, 1.165) is 77.9 Å². The van der Waals surface area contributed by atoms with Gasteiger partial charge in [-0.3, -0.25) is 9.69 Å². The predicted octanol–water partition coefficient (Wildman–Crippen LogP) is 7.80. The van der Waals surface area contributed by atoms with Gasteiger partial charge in [0.2, 0.25) is 0 Å². The zero-order chi connectivity index (χ0) is 27.1. The number of carbonyl (C=O) groups is 1. The van der Waals surface area contributed by atoms with Gasteiger partial charge in [0.15, 0.2) is 0 Å². The van der Waals surface area contributed by atoms with Crippen LogP contribution in [-0.2, 0) is 0 Å². The Morgan fingerprint density at radius 1 is 1.03 bits per heavy atom. The van der Waals surface area contributed by atoms with Crippen LogP contribution in [-0.4, -0.2) is 58.0 Å². The number of piperidine rings is 1. The van der Waals surface area contributed by atoms with Crippen LogP contribution >= 0.6 is 15.9 Å². The Balaban J connectivity index is 1.70. The molecule has 0 bridgehead atoms. The van der Waals surface area contributed by atoms with Crippen LogP contribution in [0.5, 0.6) is 0 Å². The number of halogens is 1. The SMILES string of the molecule is CC(C)CCN(CCC(C)C)C(=O)c1ccn2nc(-c3ccccc3Br)c(C=CCN3CCCCC3)c2c1. The summed E-state index contributed by atoms with van der Waals surface area (Å²) >= 11 is 3.73. The minimum absolute atomic E-state index is 0.112. The molecule has 0 spiro atoms. The Morgan fingerprint density at radius 2 is 1.71 bits per heavy atom.